The summed E-state index contributed by atoms with van der Waals surface area (Å²) in [5.74, 6) is 0. The van der Waals surface area contributed by atoms with Crippen molar-refractivity contribution in [3.05, 3.63) is 59.7 Å². The molecule has 2 aromatic carbocycles. The molecular weight excluding hydrogens is 194 g/mol. The van der Waals surface area contributed by atoms with Crippen LogP contribution in [0.1, 0.15) is 11.1 Å². The third-order valence-electron chi connectivity index (χ3n) is 3.37. The van der Waals surface area contributed by atoms with Crippen molar-refractivity contribution in [2.24, 2.45) is 0 Å². The summed E-state index contributed by atoms with van der Waals surface area (Å²) in [4.78, 5) is 2.30. The number of hydrogen-bond acceptors (Lipinski definition) is 1. The summed E-state index contributed by atoms with van der Waals surface area (Å²) < 4.78 is 0. The van der Waals surface area contributed by atoms with E-state index in [9.17, 15) is 0 Å². The van der Waals surface area contributed by atoms with E-state index in [0.29, 0.717) is 0 Å². The van der Waals surface area contributed by atoms with Gasteiger partial charge in [-0.3, -0.25) is 0 Å². The molecule has 0 unspecified atom stereocenters. The van der Waals surface area contributed by atoms with Crippen LogP contribution in [0, 0.1) is 0 Å². The van der Waals surface area contributed by atoms with Crippen LogP contribution in [0.3, 0.4) is 0 Å². The average molecular weight is 209 g/mol. The smallest absolute Gasteiger partial charge is 0.0440 e. The van der Waals surface area contributed by atoms with Gasteiger partial charge in [0, 0.05) is 18.4 Å². The molecule has 0 saturated carbocycles. The second kappa shape index (κ2) is 3.67. The molecule has 0 bridgehead atoms. The zero-order chi connectivity index (χ0) is 11.0. The fraction of sp³-hybridized carbons (Fsp3) is 0.200. The first-order valence-corrected chi connectivity index (χ1v) is 5.76. The van der Waals surface area contributed by atoms with Gasteiger partial charge in [0.1, 0.15) is 0 Å². The SMILES string of the molecule is CN1c2ccccc2CCc2ccccc21. The maximum atomic E-state index is 2.30. The first kappa shape index (κ1) is 9.46. The monoisotopic (exact) mass is 209 g/mol. The molecule has 80 valence electrons. The number of aryl methyl sites for hydroxylation is 2. The van der Waals surface area contributed by atoms with Crippen molar-refractivity contribution in [1.82, 2.24) is 0 Å². The van der Waals surface area contributed by atoms with E-state index in [1.54, 1.807) is 0 Å². The molecular formula is C15H15N. The van der Waals surface area contributed by atoms with E-state index in [-0.39, 0.29) is 0 Å². The number of benzene rings is 2. The van der Waals surface area contributed by atoms with Crippen LogP contribution in [0.25, 0.3) is 0 Å². The minimum atomic E-state index is 1.14. The van der Waals surface area contributed by atoms with Crippen molar-refractivity contribution in [2.75, 3.05) is 11.9 Å². The molecule has 0 spiro atoms. The van der Waals surface area contributed by atoms with Gasteiger partial charge >= 0.3 is 0 Å². The van der Waals surface area contributed by atoms with Gasteiger partial charge in [-0.2, -0.15) is 0 Å². The maximum absolute atomic E-state index is 2.30. The van der Waals surface area contributed by atoms with Crippen LogP contribution >= 0.6 is 0 Å². The highest BCUT2D eigenvalue weighted by Crippen LogP contribution is 2.34. The molecule has 0 N–H and O–H groups in total. The van der Waals surface area contributed by atoms with E-state index in [1.165, 1.54) is 22.5 Å². The van der Waals surface area contributed by atoms with Crippen molar-refractivity contribution < 1.29 is 0 Å². The number of para-hydroxylation sites is 2. The standard InChI is InChI=1S/C15H15N/c1-16-14-8-4-2-6-12(14)10-11-13-7-3-5-9-15(13)16/h2-9H,10-11H2,1H3. The molecule has 1 nitrogen and oxygen atoms in total. The van der Waals surface area contributed by atoms with Crippen molar-refractivity contribution in [1.29, 1.82) is 0 Å². The lowest BCUT2D eigenvalue weighted by molar-refractivity contribution is 0.977. The molecule has 0 saturated heterocycles. The van der Waals surface area contributed by atoms with Gasteiger partial charge in [0.15, 0.2) is 0 Å². The Kier molecular flexibility index (Phi) is 2.17. The van der Waals surface area contributed by atoms with E-state index >= 15 is 0 Å². The average Bonchev–Trinajstić information content (AvgIpc) is 2.49. The minimum absolute atomic E-state index is 1.14. The van der Waals surface area contributed by atoms with Crippen LogP contribution < -0.4 is 4.90 Å². The van der Waals surface area contributed by atoms with Crippen molar-refractivity contribution >= 4 is 11.4 Å². The van der Waals surface area contributed by atoms with Gasteiger partial charge in [0.25, 0.3) is 0 Å². The Labute approximate surface area is 96.3 Å². The highest BCUT2D eigenvalue weighted by molar-refractivity contribution is 5.70. The summed E-state index contributed by atoms with van der Waals surface area (Å²) in [6.45, 7) is 0. The lowest BCUT2D eigenvalue weighted by Crippen LogP contribution is -2.10. The van der Waals surface area contributed by atoms with E-state index in [1.807, 2.05) is 0 Å². The molecule has 2 aromatic rings. The Morgan fingerprint density at radius 2 is 1.19 bits per heavy atom. The topological polar surface area (TPSA) is 3.24 Å². The van der Waals surface area contributed by atoms with Crippen molar-refractivity contribution in [3.63, 3.8) is 0 Å². The summed E-state index contributed by atoms with van der Waals surface area (Å²) in [6.07, 6.45) is 2.27. The normalized spacial score (nSPS) is 13.9. The van der Waals surface area contributed by atoms with Gasteiger partial charge in [-0.25, -0.2) is 0 Å². The number of anilines is 2. The molecule has 0 aliphatic carbocycles. The van der Waals surface area contributed by atoms with Gasteiger partial charge < -0.3 is 4.90 Å². The first-order chi connectivity index (χ1) is 7.86. The number of rotatable bonds is 0. The largest absolute Gasteiger partial charge is 0.344 e. The Bertz CT molecular complexity index is 469. The van der Waals surface area contributed by atoms with Gasteiger partial charge in [-0.15, -0.1) is 0 Å². The van der Waals surface area contributed by atoms with Gasteiger partial charge in [-0.1, -0.05) is 36.4 Å². The summed E-state index contributed by atoms with van der Waals surface area (Å²) >= 11 is 0. The van der Waals surface area contributed by atoms with Crippen LogP contribution in [0.5, 0.6) is 0 Å². The second-order valence-electron chi connectivity index (χ2n) is 4.32. The molecule has 0 aromatic heterocycles. The van der Waals surface area contributed by atoms with E-state index in [4.69, 9.17) is 0 Å². The molecule has 3 rings (SSSR count). The minimum Gasteiger partial charge on any atom is -0.344 e. The molecule has 0 atom stereocenters. The van der Waals surface area contributed by atoms with Crippen LogP contribution in [0.4, 0.5) is 11.4 Å². The molecule has 0 amide bonds. The molecule has 16 heavy (non-hydrogen) atoms. The molecule has 1 heteroatoms. The van der Waals surface area contributed by atoms with Crippen molar-refractivity contribution in [3.8, 4) is 0 Å². The first-order valence-electron chi connectivity index (χ1n) is 5.76. The van der Waals surface area contributed by atoms with Crippen LogP contribution in [-0.2, 0) is 12.8 Å². The van der Waals surface area contributed by atoms with Gasteiger partial charge in [0.05, 0.1) is 0 Å². The zero-order valence-electron chi connectivity index (χ0n) is 9.48. The predicted molar refractivity (Wildman–Crippen MR) is 68.4 cm³/mol. The lowest BCUT2D eigenvalue weighted by Gasteiger charge is -2.21. The second-order valence-corrected chi connectivity index (χ2v) is 4.32. The quantitative estimate of drug-likeness (QED) is 0.641. The predicted octanol–water partition coefficient (Wildman–Crippen LogP) is 3.55. The van der Waals surface area contributed by atoms with Crippen LogP contribution in [0.2, 0.25) is 0 Å². The van der Waals surface area contributed by atoms with Gasteiger partial charge in [-0.05, 0) is 36.1 Å². The Morgan fingerprint density at radius 1 is 0.750 bits per heavy atom. The molecule has 1 aliphatic heterocycles. The Balaban J connectivity index is 2.18. The number of nitrogens with zero attached hydrogens (tertiary/aromatic N) is 1. The number of fused-ring (bicyclic) bond motifs is 2. The van der Waals surface area contributed by atoms with Crippen LogP contribution in [0.15, 0.2) is 48.5 Å². The molecule has 1 heterocycles. The summed E-state index contributed by atoms with van der Waals surface area (Å²) in [7, 11) is 2.16. The highest BCUT2D eigenvalue weighted by Gasteiger charge is 2.16. The number of hydrogen-bond donors (Lipinski definition) is 0. The maximum Gasteiger partial charge on any atom is 0.0440 e. The van der Waals surface area contributed by atoms with Crippen molar-refractivity contribution in [2.45, 2.75) is 12.8 Å². The lowest BCUT2D eigenvalue weighted by atomic mass is 10.0. The summed E-state index contributed by atoms with van der Waals surface area (Å²) in [5.41, 5.74) is 5.57. The fourth-order valence-corrected chi connectivity index (χ4v) is 2.50. The van der Waals surface area contributed by atoms with Gasteiger partial charge in [0.2, 0.25) is 0 Å². The highest BCUT2D eigenvalue weighted by atomic mass is 15.1. The molecule has 0 radical (unpaired) electrons. The zero-order valence-corrected chi connectivity index (χ0v) is 9.48. The molecule has 1 aliphatic rings. The van der Waals surface area contributed by atoms with E-state index in [0.717, 1.165) is 12.8 Å². The van der Waals surface area contributed by atoms with E-state index < -0.39 is 0 Å². The summed E-state index contributed by atoms with van der Waals surface area (Å²) in [6, 6.07) is 17.4. The third kappa shape index (κ3) is 1.40. The van der Waals surface area contributed by atoms with Crippen LogP contribution in [-0.4, -0.2) is 7.05 Å². The third-order valence-corrected chi connectivity index (χ3v) is 3.37. The van der Waals surface area contributed by atoms with E-state index in [2.05, 4.69) is 60.5 Å². The Morgan fingerprint density at radius 3 is 1.69 bits per heavy atom. The summed E-state index contributed by atoms with van der Waals surface area (Å²) in [5, 5.41) is 0. The fourth-order valence-electron chi connectivity index (χ4n) is 2.50. The molecule has 0 fully saturated rings. The Hall–Kier alpha value is -1.76.